The topological polar surface area (TPSA) is 33.2 Å². The summed E-state index contributed by atoms with van der Waals surface area (Å²) < 4.78 is 26.1. The van der Waals surface area contributed by atoms with Gasteiger partial charge in [0.15, 0.2) is 0 Å². The molecule has 1 amide bonds. The van der Waals surface area contributed by atoms with Crippen molar-refractivity contribution in [1.82, 2.24) is 4.98 Å². The first-order valence-electron chi connectivity index (χ1n) is 5.01. The summed E-state index contributed by atoms with van der Waals surface area (Å²) in [4.78, 5) is 16.8. The SMILES string of the molecule is C[C@@H]1[C@@H](C(=O)N(C)c2cccnc2)C1(F)F. The summed E-state index contributed by atoms with van der Waals surface area (Å²) in [6.07, 6.45) is 3.04. The number of hydrogen-bond donors (Lipinski definition) is 0. The van der Waals surface area contributed by atoms with Crippen molar-refractivity contribution < 1.29 is 13.6 Å². The lowest BCUT2D eigenvalue weighted by Crippen LogP contribution is -2.29. The van der Waals surface area contributed by atoms with Gasteiger partial charge in [-0.2, -0.15) is 0 Å². The molecular weight excluding hydrogens is 214 g/mol. The number of amides is 1. The summed E-state index contributed by atoms with van der Waals surface area (Å²) in [6, 6.07) is 3.32. The average Bonchev–Trinajstić information content (AvgIpc) is 2.77. The van der Waals surface area contributed by atoms with Gasteiger partial charge in [0, 0.05) is 19.2 Å². The summed E-state index contributed by atoms with van der Waals surface area (Å²) in [6.45, 7) is 1.39. The van der Waals surface area contributed by atoms with Crippen LogP contribution < -0.4 is 4.90 Å². The molecular formula is C11H12F2N2O. The van der Waals surface area contributed by atoms with Gasteiger partial charge in [-0.3, -0.25) is 9.78 Å². The van der Waals surface area contributed by atoms with Crippen LogP contribution in [0.1, 0.15) is 6.92 Å². The molecule has 0 spiro atoms. The Kier molecular flexibility index (Phi) is 2.40. The van der Waals surface area contributed by atoms with Gasteiger partial charge in [0.05, 0.1) is 11.9 Å². The van der Waals surface area contributed by atoms with Gasteiger partial charge in [-0.15, -0.1) is 0 Å². The van der Waals surface area contributed by atoms with E-state index in [-0.39, 0.29) is 0 Å². The molecule has 1 aliphatic carbocycles. The van der Waals surface area contributed by atoms with Crippen molar-refractivity contribution >= 4 is 11.6 Å². The molecule has 1 saturated carbocycles. The molecule has 0 N–H and O–H groups in total. The van der Waals surface area contributed by atoms with E-state index in [9.17, 15) is 13.6 Å². The maximum absolute atomic E-state index is 13.1. The molecule has 0 aliphatic heterocycles. The maximum Gasteiger partial charge on any atom is 0.263 e. The van der Waals surface area contributed by atoms with Crippen molar-refractivity contribution in [1.29, 1.82) is 0 Å². The minimum atomic E-state index is -2.85. The lowest BCUT2D eigenvalue weighted by Gasteiger charge is -2.16. The molecule has 2 atom stereocenters. The third-order valence-corrected chi connectivity index (χ3v) is 3.04. The van der Waals surface area contributed by atoms with Crippen molar-refractivity contribution in [2.45, 2.75) is 12.8 Å². The molecule has 1 aromatic rings. The van der Waals surface area contributed by atoms with Gasteiger partial charge >= 0.3 is 0 Å². The van der Waals surface area contributed by atoms with Gasteiger partial charge in [0.1, 0.15) is 5.92 Å². The number of carbonyl (C=O) groups is 1. The monoisotopic (exact) mass is 226 g/mol. The number of nitrogens with zero attached hydrogens (tertiary/aromatic N) is 2. The van der Waals surface area contributed by atoms with Crippen molar-refractivity contribution in [3.8, 4) is 0 Å². The van der Waals surface area contributed by atoms with Crippen molar-refractivity contribution in [2.24, 2.45) is 11.8 Å². The zero-order chi connectivity index (χ0) is 11.9. The highest BCUT2D eigenvalue weighted by atomic mass is 19.3. The number of rotatable bonds is 2. The number of alkyl halides is 2. The largest absolute Gasteiger partial charge is 0.314 e. The van der Waals surface area contributed by atoms with E-state index in [1.165, 1.54) is 25.1 Å². The van der Waals surface area contributed by atoms with E-state index in [1.807, 2.05) is 0 Å². The Bertz CT molecular complexity index is 408. The van der Waals surface area contributed by atoms with E-state index in [0.29, 0.717) is 5.69 Å². The Morgan fingerprint density at radius 1 is 1.56 bits per heavy atom. The van der Waals surface area contributed by atoms with Crippen LogP contribution in [0.3, 0.4) is 0 Å². The normalized spacial score (nSPS) is 26.2. The van der Waals surface area contributed by atoms with Crippen LogP contribution in [0, 0.1) is 11.8 Å². The third-order valence-electron chi connectivity index (χ3n) is 3.04. The Labute approximate surface area is 92.1 Å². The number of aromatic nitrogens is 1. The summed E-state index contributed by atoms with van der Waals surface area (Å²) in [7, 11) is 1.49. The molecule has 0 radical (unpaired) electrons. The van der Waals surface area contributed by atoms with Gasteiger partial charge < -0.3 is 4.90 Å². The van der Waals surface area contributed by atoms with E-state index in [0.717, 1.165) is 0 Å². The fraction of sp³-hybridized carbons (Fsp3) is 0.455. The Morgan fingerprint density at radius 3 is 2.62 bits per heavy atom. The van der Waals surface area contributed by atoms with E-state index in [2.05, 4.69) is 4.98 Å². The molecule has 1 aliphatic rings. The lowest BCUT2D eigenvalue weighted by atomic mass is 10.3. The molecule has 86 valence electrons. The van der Waals surface area contributed by atoms with Crippen LogP contribution in [-0.4, -0.2) is 23.9 Å². The quantitative estimate of drug-likeness (QED) is 0.772. The first-order valence-corrected chi connectivity index (χ1v) is 5.01. The van der Waals surface area contributed by atoms with Crippen LogP contribution in [0.5, 0.6) is 0 Å². The maximum atomic E-state index is 13.1. The predicted molar refractivity (Wildman–Crippen MR) is 55.2 cm³/mol. The van der Waals surface area contributed by atoms with Gasteiger partial charge in [0.25, 0.3) is 5.92 Å². The van der Waals surface area contributed by atoms with Gasteiger partial charge in [-0.05, 0) is 12.1 Å². The highest BCUT2D eigenvalue weighted by Crippen LogP contribution is 2.55. The van der Waals surface area contributed by atoms with Crippen LogP contribution in [0.4, 0.5) is 14.5 Å². The number of hydrogen-bond acceptors (Lipinski definition) is 2. The smallest absolute Gasteiger partial charge is 0.263 e. The standard InChI is InChI=1S/C11H12F2N2O/c1-7-9(11(7,12)13)10(16)15(2)8-4-3-5-14-6-8/h3-7,9H,1-2H3/t7-,9+/m1/s1. The highest BCUT2D eigenvalue weighted by Gasteiger charge is 2.69. The molecule has 3 nitrogen and oxygen atoms in total. The zero-order valence-corrected chi connectivity index (χ0v) is 9.02. The van der Waals surface area contributed by atoms with Gasteiger partial charge in [-0.25, -0.2) is 8.78 Å². The Morgan fingerprint density at radius 2 is 2.19 bits per heavy atom. The summed E-state index contributed by atoms with van der Waals surface area (Å²) in [5.41, 5.74) is 0.530. The molecule has 5 heteroatoms. The molecule has 2 rings (SSSR count). The Hall–Kier alpha value is -1.52. The predicted octanol–water partition coefficient (Wildman–Crippen LogP) is 1.95. The first kappa shape index (κ1) is 11.0. The van der Waals surface area contributed by atoms with Crippen molar-refractivity contribution in [3.05, 3.63) is 24.5 Å². The second-order valence-electron chi connectivity index (χ2n) is 4.05. The molecule has 0 saturated heterocycles. The second kappa shape index (κ2) is 3.50. The fourth-order valence-electron chi connectivity index (χ4n) is 1.75. The van der Waals surface area contributed by atoms with Crippen LogP contribution >= 0.6 is 0 Å². The second-order valence-corrected chi connectivity index (χ2v) is 4.05. The minimum Gasteiger partial charge on any atom is -0.314 e. The minimum absolute atomic E-state index is 0.530. The lowest BCUT2D eigenvalue weighted by molar-refractivity contribution is -0.121. The summed E-state index contributed by atoms with van der Waals surface area (Å²) in [5, 5.41) is 0. The van der Waals surface area contributed by atoms with Crippen LogP contribution in [0.25, 0.3) is 0 Å². The summed E-state index contributed by atoms with van der Waals surface area (Å²) in [5.74, 6) is -5.45. The van der Waals surface area contributed by atoms with Crippen LogP contribution in [-0.2, 0) is 4.79 Å². The van der Waals surface area contributed by atoms with E-state index in [4.69, 9.17) is 0 Å². The molecule has 16 heavy (non-hydrogen) atoms. The van der Waals surface area contributed by atoms with Crippen molar-refractivity contribution in [3.63, 3.8) is 0 Å². The molecule has 0 bridgehead atoms. The third kappa shape index (κ3) is 1.56. The first-order chi connectivity index (χ1) is 7.46. The molecule has 0 unspecified atom stereocenters. The van der Waals surface area contributed by atoms with Crippen LogP contribution in [0.2, 0.25) is 0 Å². The van der Waals surface area contributed by atoms with E-state index in [1.54, 1.807) is 18.3 Å². The number of carbonyl (C=O) groups excluding carboxylic acids is 1. The number of anilines is 1. The molecule has 1 aromatic heterocycles. The molecule has 1 fully saturated rings. The summed E-state index contributed by atoms with van der Waals surface area (Å²) >= 11 is 0. The number of halogens is 2. The van der Waals surface area contributed by atoms with Crippen molar-refractivity contribution in [2.75, 3.05) is 11.9 Å². The molecule has 1 heterocycles. The van der Waals surface area contributed by atoms with Gasteiger partial charge in [-0.1, -0.05) is 6.92 Å². The molecule has 0 aromatic carbocycles. The fourth-order valence-corrected chi connectivity index (χ4v) is 1.75. The highest BCUT2D eigenvalue weighted by molar-refractivity contribution is 5.97. The van der Waals surface area contributed by atoms with Gasteiger partial charge in [0.2, 0.25) is 5.91 Å². The van der Waals surface area contributed by atoms with E-state index >= 15 is 0 Å². The average molecular weight is 226 g/mol. The number of pyridine rings is 1. The Balaban J connectivity index is 2.13. The van der Waals surface area contributed by atoms with Crippen LogP contribution in [0.15, 0.2) is 24.5 Å². The zero-order valence-electron chi connectivity index (χ0n) is 9.02. The van der Waals surface area contributed by atoms with E-state index < -0.39 is 23.7 Å².